The first-order valence-corrected chi connectivity index (χ1v) is 5.19. The third-order valence-electron chi connectivity index (χ3n) is 2.72. The molecule has 3 heterocycles. The summed E-state index contributed by atoms with van der Waals surface area (Å²) in [5, 5.41) is 4.31. The van der Waals surface area contributed by atoms with Crippen molar-refractivity contribution in [2.24, 2.45) is 0 Å². The molecule has 0 fully saturated rings. The van der Waals surface area contributed by atoms with E-state index in [1.807, 2.05) is 29.0 Å². The summed E-state index contributed by atoms with van der Waals surface area (Å²) >= 11 is 0. The van der Waals surface area contributed by atoms with Gasteiger partial charge in [-0.05, 0) is 36.2 Å². The fraction of sp³-hybridized carbons (Fsp3) is 0.0769. The first-order valence-electron chi connectivity index (χ1n) is 5.19. The van der Waals surface area contributed by atoms with E-state index in [0.717, 1.165) is 16.6 Å². The Morgan fingerprint density at radius 2 is 1.81 bits per heavy atom. The molecule has 0 aliphatic heterocycles. The molecular formula is C13H11N3. The van der Waals surface area contributed by atoms with Gasteiger partial charge in [0.15, 0.2) is 0 Å². The molecule has 0 spiro atoms. The maximum Gasteiger partial charge on any atom is 0.0691 e. The summed E-state index contributed by atoms with van der Waals surface area (Å²) in [7, 11) is 0. The van der Waals surface area contributed by atoms with Crippen molar-refractivity contribution < 1.29 is 0 Å². The maximum atomic E-state index is 4.31. The Morgan fingerprint density at radius 3 is 2.62 bits per heavy atom. The Labute approximate surface area is 93.4 Å². The number of rotatable bonds is 1. The zero-order valence-electron chi connectivity index (χ0n) is 8.96. The second kappa shape index (κ2) is 3.45. The minimum Gasteiger partial charge on any atom is -0.265 e. The van der Waals surface area contributed by atoms with Crippen molar-refractivity contribution >= 4 is 5.52 Å². The van der Waals surface area contributed by atoms with Crippen molar-refractivity contribution in [1.82, 2.24) is 14.6 Å². The lowest BCUT2D eigenvalue weighted by atomic mass is 10.1. The molecule has 0 N–H and O–H groups in total. The molecule has 3 aromatic heterocycles. The van der Waals surface area contributed by atoms with Gasteiger partial charge in [-0.25, -0.2) is 4.52 Å². The van der Waals surface area contributed by atoms with E-state index in [0.29, 0.717) is 0 Å². The molecule has 0 unspecified atom stereocenters. The number of pyridine rings is 2. The van der Waals surface area contributed by atoms with E-state index in [4.69, 9.17) is 0 Å². The Kier molecular flexibility index (Phi) is 1.96. The summed E-state index contributed by atoms with van der Waals surface area (Å²) in [4.78, 5) is 4.01. The van der Waals surface area contributed by atoms with Gasteiger partial charge in [-0.1, -0.05) is 6.07 Å². The molecule has 0 radical (unpaired) electrons. The summed E-state index contributed by atoms with van der Waals surface area (Å²) in [6.07, 6.45) is 7.52. The average molecular weight is 209 g/mol. The fourth-order valence-electron chi connectivity index (χ4n) is 1.83. The van der Waals surface area contributed by atoms with Crippen molar-refractivity contribution in [3.8, 4) is 11.1 Å². The Hall–Kier alpha value is -2.16. The molecule has 0 aliphatic rings. The van der Waals surface area contributed by atoms with Crippen LogP contribution in [0.2, 0.25) is 0 Å². The molecule has 3 heteroatoms. The highest BCUT2D eigenvalue weighted by atomic mass is 15.2. The lowest BCUT2D eigenvalue weighted by Gasteiger charge is -2.02. The maximum absolute atomic E-state index is 4.31. The number of aryl methyl sites for hydroxylation is 1. The molecule has 0 aliphatic carbocycles. The second-order valence-electron chi connectivity index (χ2n) is 3.81. The van der Waals surface area contributed by atoms with Gasteiger partial charge in [0.05, 0.1) is 11.7 Å². The largest absolute Gasteiger partial charge is 0.265 e. The van der Waals surface area contributed by atoms with E-state index in [9.17, 15) is 0 Å². The van der Waals surface area contributed by atoms with Gasteiger partial charge in [-0.3, -0.25) is 4.98 Å². The van der Waals surface area contributed by atoms with Crippen LogP contribution in [0.3, 0.4) is 0 Å². The van der Waals surface area contributed by atoms with Gasteiger partial charge in [0.2, 0.25) is 0 Å². The molecule has 0 aromatic carbocycles. The average Bonchev–Trinajstić information content (AvgIpc) is 2.72. The first kappa shape index (κ1) is 9.09. The van der Waals surface area contributed by atoms with Crippen molar-refractivity contribution in [1.29, 1.82) is 0 Å². The molecule has 0 saturated carbocycles. The molecule has 0 amide bonds. The van der Waals surface area contributed by atoms with Gasteiger partial charge in [0.1, 0.15) is 0 Å². The van der Waals surface area contributed by atoms with Crippen LogP contribution in [0.25, 0.3) is 16.6 Å². The van der Waals surface area contributed by atoms with Crippen LogP contribution in [0.15, 0.2) is 49.1 Å². The number of fused-ring (bicyclic) bond motifs is 1. The molecule has 0 saturated heterocycles. The molecule has 3 nitrogen and oxygen atoms in total. The van der Waals surface area contributed by atoms with Crippen LogP contribution in [0, 0.1) is 6.92 Å². The van der Waals surface area contributed by atoms with Crippen molar-refractivity contribution in [3.63, 3.8) is 0 Å². The van der Waals surface area contributed by atoms with Gasteiger partial charge in [0.25, 0.3) is 0 Å². The van der Waals surface area contributed by atoms with Crippen LogP contribution in [0.1, 0.15) is 5.56 Å². The monoisotopic (exact) mass is 209 g/mol. The summed E-state index contributed by atoms with van der Waals surface area (Å²) in [5.74, 6) is 0. The predicted octanol–water partition coefficient (Wildman–Crippen LogP) is 2.70. The first-order chi connectivity index (χ1) is 7.84. The third-order valence-corrected chi connectivity index (χ3v) is 2.72. The molecule has 3 aromatic rings. The van der Waals surface area contributed by atoms with Gasteiger partial charge in [0, 0.05) is 24.2 Å². The summed E-state index contributed by atoms with van der Waals surface area (Å²) in [5.41, 5.74) is 4.65. The highest BCUT2D eigenvalue weighted by molar-refractivity contribution is 5.66. The van der Waals surface area contributed by atoms with Crippen LogP contribution in [-0.2, 0) is 0 Å². The molecule has 3 rings (SSSR count). The smallest absolute Gasteiger partial charge is 0.0691 e. The van der Waals surface area contributed by atoms with Gasteiger partial charge in [-0.15, -0.1) is 0 Å². The second-order valence-corrected chi connectivity index (χ2v) is 3.81. The van der Waals surface area contributed by atoms with Crippen molar-refractivity contribution in [2.45, 2.75) is 6.92 Å². The van der Waals surface area contributed by atoms with E-state index in [1.165, 1.54) is 5.56 Å². The lowest BCUT2D eigenvalue weighted by molar-refractivity contribution is 0.963. The van der Waals surface area contributed by atoms with Gasteiger partial charge < -0.3 is 0 Å². The molecule has 78 valence electrons. The van der Waals surface area contributed by atoms with Crippen LogP contribution < -0.4 is 0 Å². The number of aromatic nitrogens is 3. The quantitative estimate of drug-likeness (QED) is 0.616. The summed E-state index contributed by atoms with van der Waals surface area (Å²) in [6, 6.07) is 8.20. The van der Waals surface area contributed by atoms with E-state index in [2.05, 4.69) is 29.1 Å². The lowest BCUT2D eigenvalue weighted by Crippen LogP contribution is -1.88. The van der Waals surface area contributed by atoms with Crippen LogP contribution in [-0.4, -0.2) is 14.6 Å². The number of hydrogen-bond donors (Lipinski definition) is 0. The third kappa shape index (κ3) is 1.37. The van der Waals surface area contributed by atoms with Crippen molar-refractivity contribution in [3.05, 3.63) is 54.6 Å². The SMILES string of the molecule is Cc1cnn2cc(-c3ccncc3)ccc12. The van der Waals surface area contributed by atoms with E-state index >= 15 is 0 Å². The van der Waals surface area contributed by atoms with E-state index in [-0.39, 0.29) is 0 Å². The minimum atomic E-state index is 1.15. The highest BCUT2D eigenvalue weighted by Gasteiger charge is 2.01. The zero-order chi connectivity index (χ0) is 11.0. The van der Waals surface area contributed by atoms with Crippen molar-refractivity contribution in [2.75, 3.05) is 0 Å². The molecule has 0 bridgehead atoms. The zero-order valence-corrected chi connectivity index (χ0v) is 8.96. The Balaban J connectivity index is 2.19. The molecule has 0 atom stereocenters. The van der Waals surface area contributed by atoms with Crippen LogP contribution >= 0.6 is 0 Å². The fourth-order valence-corrected chi connectivity index (χ4v) is 1.83. The normalized spacial score (nSPS) is 10.8. The highest BCUT2D eigenvalue weighted by Crippen LogP contribution is 2.19. The minimum absolute atomic E-state index is 1.15. The van der Waals surface area contributed by atoms with E-state index < -0.39 is 0 Å². The van der Waals surface area contributed by atoms with Crippen LogP contribution in [0.4, 0.5) is 0 Å². The number of nitrogens with zero attached hydrogens (tertiary/aromatic N) is 3. The molecule has 16 heavy (non-hydrogen) atoms. The predicted molar refractivity (Wildman–Crippen MR) is 63.2 cm³/mol. The Bertz CT molecular complexity index is 626. The topological polar surface area (TPSA) is 30.2 Å². The standard InChI is InChI=1S/C13H11N3/c1-10-8-15-16-9-12(2-3-13(10)16)11-4-6-14-7-5-11/h2-9H,1H3. The van der Waals surface area contributed by atoms with Crippen LogP contribution in [0.5, 0.6) is 0 Å². The Morgan fingerprint density at radius 1 is 1.00 bits per heavy atom. The molecular weight excluding hydrogens is 198 g/mol. The van der Waals surface area contributed by atoms with Gasteiger partial charge in [-0.2, -0.15) is 5.10 Å². The number of hydrogen-bond acceptors (Lipinski definition) is 2. The van der Waals surface area contributed by atoms with Gasteiger partial charge >= 0.3 is 0 Å². The van der Waals surface area contributed by atoms with E-state index in [1.54, 1.807) is 12.4 Å². The summed E-state index contributed by atoms with van der Waals surface area (Å²) in [6.45, 7) is 2.06. The summed E-state index contributed by atoms with van der Waals surface area (Å²) < 4.78 is 1.91.